The van der Waals surface area contributed by atoms with Crippen LogP contribution in [0.25, 0.3) is 0 Å². The Balaban J connectivity index is 4.21. The number of ether oxygens (including phenoxy) is 1. The normalized spacial score (nSPS) is 15.1. The molecule has 0 aliphatic rings. The van der Waals surface area contributed by atoms with E-state index < -0.39 is 17.6 Å². The molecule has 4 heteroatoms. The Bertz CT molecular complexity index is 255. The standard InChI is InChI=1S/C12H23NO3/c1-7-8(2)10(14)13-9(3)11(15)16-12(4,5)6/h8-9H,7H2,1-6H3,(H,13,14)/t8?,9-/m0/s1. The van der Waals surface area contributed by atoms with Gasteiger partial charge in [-0.25, -0.2) is 4.79 Å². The van der Waals surface area contributed by atoms with Crippen LogP contribution < -0.4 is 5.32 Å². The van der Waals surface area contributed by atoms with E-state index in [-0.39, 0.29) is 11.8 Å². The zero-order valence-corrected chi connectivity index (χ0v) is 11.1. The second kappa shape index (κ2) is 5.87. The smallest absolute Gasteiger partial charge is 0.328 e. The van der Waals surface area contributed by atoms with Gasteiger partial charge in [0, 0.05) is 5.92 Å². The van der Waals surface area contributed by atoms with Crippen molar-refractivity contribution in [1.29, 1.82) is 0 Å². The Kier molecular flexibility index (Phi) is 5.48. The van der Waals surface area contributed by atoms with Gasteiger partial charge in [0.25, 0.3) is 0 Å². The Labute approximate surface area is 97.7 Å². The molecule has 0 aromatic carbocycles. The van der Waals surface area contributed by atoms with Crippen LogP contribution in [0.2, 0.25) is 0 Å². The first kappa shape index (κ1) is 14.9. The molecule has 0 aliphatic carbocycles. The van der Waals surface area contributed by atoms with Gasteiger partial charge in [-0.05, 0) is 34.1 Å². The average molecular weight is 229 g/mol. The van der Waals surface area contributed by atoms with Gasteiger partial charge in [-0.1, -0.05) is 13.8 Å². The van der Waals surface area contributed by atoms with E-state index in [1.165, 1.54) is 0 Å². The zero-order valence-electron chi connectivity index (χ0n) is 11.1. The summed E-state index contributed by atoms with van der Waals surface area (Å²) >= 11 is 0. The predicted octanol–water partition coefficient (Wildman–Crippen LogP) is 1.88. The highest BCUT2D eigenvalue weighted by atomic mass is 16.6. The molecule has 0 aliphatic heterocycles. The van der Waals surface area contributed by atoms with Crippen molar-refractivity contribution in [2.75, 3.05) is 0 Å². The summed E-state index contributed by atoms with van der Waals surface area (Å²) in [5.41, 5.74) is -0.521. The van der Waals surface area contributed by atoms with E-state index in [4.69, 9.17) is 4.74 Å². The minimum Gasteiger partial charge on any atom is -0.458 e. The lowest BCUT2D eigenvalue weighted by Gasteiger charge is -2.23. The molecule has 0 bridgehead atoms. The summed E-state index contributed by atoms with van der Waals surface area (Å²) in [6.45, 7) is 10.8. The van der Waals surface area contributed by atoms with Crippen LogP contribution in [-0.4, -0.2) is 23.5 Å². The van der Waals surface area contributed by atoms with Crippen molar-refractivity contribution in [1.82, 2.24) is 5.32 Å². The minimum atomic E-state index is -0.597. The lowest BCUT2D eigenvalue weighted by Crippen LogP contribution is -2.44. The van der Waals surface area contributed by atoms with Gasteiger partial charge in [-0.3, -0.25) is 4.79 Å². The zero-order chi connectivity index (χ0) is 12.9. The Morgan fingerprint density at radius 1 is 1.25 bits per heavy atom. The van der Waals surface area contributed by atoms with Crippen molar-refractivity contribution < 1.29 is 14.3 Å². The molecule has 0 radical (unpaired) electrons. The lowest BCUT2D eigenvalue weighted by atomic mass is 10.1. The SMILES string of the molecule is CCC(C)C(=O)N[C@@H](C)C(=O)OC(C)(C)C. The van der Waals surface area contributed by atoms with Gasteiger partial charge in [0.05, 0.1) is 0 Å². The molecule has 1 N–H and O–H groups in total. The predicted molar refractivity (Wildman–Crippen MR) is 62.9 cm³/mol. The summed E-state index contributed by atoms with van der Waals surface area (Å²) in [7, 11) is 0. The molecule has 1 amide bonds. The molecule has 0 fully saturated rings. The van der Waals surface area contributed by atoms with Gasteiger partial charge < -0.3 is 10.1 Å². The van der Waals surface area contributed by atoms with E-state index in [1.54, 1.807) is 27.7 Å². The second-order valence-electron chi connectivity index (χ2n) is 5.07. The van der Waals surface area contributed by atoms with Gasteiger partial charge in [0.1, 0.15) is 11.6 Å². The molecular formula is C12H23NO3. The van der Waals surface area contributed by atoms with Gasteiger partial charge >= 0.3 is 5.97 Å². The molecule has 0 spiro atoms. The van der Waals surface area contributed by atoms with Crippen LogP contribution in [0.1, 0.15) is 48.0 Å². The van der Waals surface area contributed by atoms with Crippen LogP contribution in [0.15, 0.2) is 0 Å². The fourth-order valence-corrected chi connectivity index (χ4v) is 0.990. The van der Waals surface area contributed by atoms with Gasteiger partial charge in [0.2, 0.25) is 5.91 Å². The molecule has 4 nitrogen and oxygen atoms in total. The van der Waals surface area contributed by atoms with Crippen molar-refractivity contribution in [2.45, 2.75) is 59.6 Å². The highest BCUT2D eigenvalue weighted by Crippen LogP contribution is 2.09. The monoisotopic (exact) mass is 229 g/mol. The summed E-state index contributed by atoms with van der Waals surface area (Å²) in [4.78, 5) is 23.1. The topological polar surface area (TPSA) is 55.4 Å². The molecule has 16 heavy (non-hydrogen) atoms. The van der Waals surface area contributed by atoms with E-state index >= 15 is 0 Å². The molecule has 2 atom stereocenters. The Hall–Kier alpha value is -1.06. The van der Waals surface area contributed by atoms with Crippen LogP contribution in [-0.2, 0) is 14.3 Å². The van der Waals surface area contributed by atoms with E-state index in [9.17, 15) is 9.59 Å². The second-order valence-corrected chi connectivity index (χ2v) is 5.07. The van der Waals surface area contributed by atoms with Gasteiger partial charge in [-0.15, -0.1) is 0 Å². The quantitative estimate of drug-likeness (QED) is 0.749. The van der Waals surface area contributed by atoms with Crippen LogP contribution >= 0.6 is 0 Å². The summed E-state index contributed by atoms with van der Waals surface area (Å²) < 4.78 is 5.16. The van der Waals surface area contributed by atoms with Crippen LogP contribution in [0.3, 0.4) is 0 Å². The Morgan fingerprint density at radius 3 is 2.12 bits per heavy atom. The number of amides is 1. The molecule has 0 rings (SSSR count). The molecule has 0 aromatic heterocycles. The number of carbonyl (C=O) groups excluding carboxylic acids is 2. The van der Waals surface area contributed by atoms with Crippen LogP contribution in [0.5, 0.6) is 0 Å². The number of carbonyl (C=O) groups is 2. The van der Waals surface area contributed by atoms with E-state index in [0.29, 0.717) is 0 Å². The number of hydrogen-bond donors (Lipinski definition) is 1. The lowest BCUT2D eigenvalue weighted by molar-refractivity contribution is -0.158. The average Bonchev–Trinajstić information content (AvgIpc) is 2.13. The third-order valence-electron chi connectivity index (χ3n) is 2.18. The summed E-state index contributed by atoms with van der Waals surface area (Å²) in [6, 6.07) is -0.597. The first-order chi connectivity index (χ1) is 7.17. The largest absolute Gasteiger partial charge is 0.458 e. The molecule has 1 unspecified atom stereocenters. The molecular weight excluding hydrogens is 206 g/mol. The molecule has 94 valence electrons. The molecule has 0 saturated heterocycles. The van der Waals surface area contributed by atoms with Crippen molar-refractivity contribution in [3.8, 4) is 0 Å². The highest BCUT2D eigenvalue weighted by Gasteiger charge is 2.24. The molecule has 0 heterocycles. The molecule has 0 aromatic rings. The fraction of sp³-hybridized carbons (Fsp3) is 0.833. The van der Waals surface area contributed by atoms with Gasteiger partial charge in [0.15, 0.2) is 0 Å². The van der Waals surface area contributed by atoms with E-state index in [1.807, 2.05) is 13.8 Å². The van der Waals surface area contributed by atoms with E-state index in [0.717, 1.165) is 6.42 Å². The first-order valence-electron chi connectivity index (χ1n) is 5.70. The highest BCUT2D eigenvalue weighted by molar-refractivity contribution is 5.85. The van der Waals surface area contributed by atoms with Crippen LogP contribution in [0.4, 0.5) is 0 Å². The number of nitrogens with one attached hydrogen (secondary N) is 1. The maximum absolute atomic E-state index is 11.6. The maximum atomic E-state index is 11.6. The number of esters is 1. The third kappa shape index (κ3) is 5.73. The summed E-state index contributed by atoms with van der Waals surface area (Å²) in [5.74, 6) is -0.588. The minimum absolute atomic E-state index is 0.0788. The summed E-state index contributed by atoms with van der Waals surface area (Å²) in [6.07, 6.45) is 0.757. The Morgan fingerprint density at radius 2 is 1.75 bits per heavy atom. The van der Waals surface area contributed by atoms with Gasteiger partial charge in [-0.2, -0.15) is 0 Å². The van der Waals surface area contributed by atoms with Crippen molar-refractivity contribution in [3.05, 3.63) is 0 Å². The maximum Gasteiger partial charge on any atom is 0.328 e. The number of hydrogen-bond acceptors (Lipinski definition) is 3. The third-order valence-corrected chi connectivity index (χ3v) is 2.18. The molecule has 0 saturated carbocycles. The fourth-order valence-electron chi connectivity index (χ4n) is 0.990. The summed E-state index contributed by atoms with van der Waals surface area (Å²) in [5, 5.41) is 2.64. The van der Waals surface area contributed by atoms with E-state index in [2.05, 4.69) is 5.32 Å². The van der Waals surface area contributed by atoms with Crippen molar-refractivity contribution >= 4 is 11.9 Å². The van der Waals surface area contributed by atoms with Crippen molar-refractivity contribution in [3.63, 3.8) is 0 Å². The number of rotatable bonds is 4. The van der Waals surface area contributed by atoms with Crippen LogP contribution in [0, 0.1) is 5.92 Å². The van der Waals surface area contributed by atoms with Crippen molar-refractivity contribution in [2.24, 2.45) is 5.92 Å². The first-order valence-corrected chi connectivity index (χ1v) is 5.70.